The summed E-state index contributed by atoms with van der Waals surface area (Å²) in [5.74, 6) is 0.226. The molecule has 0 amide bonds. The van der Waals surface area contributed by atoms with Crippen LogP contribution >= 0.6 is 0 Å². The molecular formula is C5H10N2O. The Morgan fingerprint density at radius 3 is 2.88 bits per heavy atom. The molecule has 1 atom stereocenters. The second kappa shape index (κ2) is 2.24. The Bertz CT molecular complexity index is 103. The van der Waals surface area contributed by atoms with Crippen LogP contribution in [-0.4, -0.2) is 24.9 Å². The molecule has 0 aromatic heterocycles. The smallest absolute Gasteiger partial charge is 0.148 e. The molecule has 46 valence electrons. The van der Waals surface area contributed by atoms with Crippen molar-refractivity contribution >= 4 is 5.78 Å². The Balaban J connectivity index is 2.34. The molecule has 0 aromatic carbocycles. The number of hydrogen-bond acceptors (Lipinski definition) is 3. The SMILES string of the molecule is NC1CNCC(=O)C1. The van der Waals surface area contributed by atoms with Gasteiger partial charge in [0.25, 0.3) is 0 Å². The predicted molar refractivity (Wildman–Crippen MR) is 30.5 cm³/mol. The van der Waals surface area contributed by atoms with Crippen molar-refractivity contribution in [2.75, 3.05) is 13.1 Å². The molecule has 3 heteroatoms. The lowest BCUT2D eigenvalue weighted by molar-refractivity contribution is -0.119. The average molecular weight is 114 g/mol. The van der Waals surface area contributed by atoms with Gasteiger partial charge >= 0.3 is 0 Å². The Morgan fingerprint density at radius 2 is 2.50 bits per heavy atom. The second-order valence-electron chi connectivity index (χ2n) is 2.13. The van der Waals surface area contributed by atoms with Gasteiger partial charge in [0.2, 0.25) is 0 Å². The third-order valence-electron chi connectivity index (χ3n) is 1.22. The lowest BCUT2D eigenvalue weighted by atomic mass is 10.1. The minimum absolute atomic E-state index is 0.0521. The predicted octanol–water partition coefficient (Wildman–Crippen LogP) is -1.12. The molecule has 1 unspecified atom stereocenters. The summed E-state index contributed by atoms with van der Waals surface area (Å²) >= 11 is 0. The minimum Gasteiger partial charge on any atom is -0.326 e. The van der Waals surface area contributed by atoms with Gasteiger partial charge in [0.1, 0.15) is 5.78 Å². The van der Waals surface area contributed by atoms with Gasteiger partial charge in [0, 0.05) is 19.0 Å². The van der Waals surface area contributed by atoms with E-state index in [4.69, 9.17) is 5.73 Å². The first-order valence-electron chi connectivity index (χ1n) is 2.77. The summed E-state index contributed by atoms with van der Waals surface area (Å²) in [6, 6.07) is 0.0521. The molecule has 1 heterocycles. The first kappa shape index (κ1) is 5.72. The van der Waals surface area contributed by atoms with Crippen LogP contribution in [-0.2, 0) is 4.79 Å². The van der Waals surface area contributed by atoms with Crippen molar-refractivity contribution in [2.24, 2.45) is 5.73 Å². The molecule has 1 rings (SSSR count). The van der Waals surface area contributed by atoms with Crippen LogP contribution in [0.15, 0.2) is 0 Å². The summed E-state index contributed by atoms with van der Waals surface area (Å²) in [6.07, 6.45) is 0.549. The fourth-order valence-electron chi connectivity index (χ4n) is 0.834. The number of ketones is 1. The largest absolute Gasteiger partial charge is 0.326 e. The zero-order chi connectivity index (χ0) is 5.98. The van der Waals surface area contributed by atoms with Crippen LogP contribution in [0.4, 0.5) is 0 Å². The molecule has 3 N–H and O–H groups in total. The maximum absolute atomic E-state index is 10.5. The van der Waals surface area contributed by atoms with Crippen molar-refractivity contribution in [1.29, 1.82) is 0 Å². The summed E-state index contributed by atoms with van der Waals surface area (Å²) in [7, 11) is 0. The lowest BCUT2D eigenvalue weighted by Gasteiger charge is -2.16. The van der Waals surface area contributed by atoms with Crippen LogP contribution in [0, 0.1) is 0 Å². The van der Waals surface area contributed by atoms with Crippen molar-refractivity contribution in [3.05, 3.63) is 0 Å². The maximum atomic E-state index is 10.5. The van der Waals surface area contributed by atoms with E-state index in [1.165, 1.54) is 0 Å². The van der Waals surface area contributed by atoms with Crippen LogP contribution < -0.4 is 11.1 Å². The summed E-state index contributed by atoms with van der Waals surface area (Å²) in [4.78, 5) is 10.5. The molecule has 0 saturated carbocycles. The first-order chi connectivity index (χ1) is 3.79. The van der Waals surface area contributed by atoms with Crippen molar-refractivity contribution in [3.8, 4) is 0 Å². The van der Waals surface area contributed by atoms with E-state index in [-0.39, 0.29) is 11.8 Å². The lowest BCUT2D eigenvalue weighted by Crippen LogP contribution is -2.44. The standard InChI is InChI=1S/C5H10N2O/c6-4-1-5(8)3-7-2-4/h4,7H,1-3,6H2. The zero-order valence-corrected chi connectivity index (χ0v) is 4.68. The monoisotopic (exact) mass is 114 g/mol. The van der Waals surface area contributed by atoms with Gasteiger partial charge in [0.05, 0.1) is 6.54 Å². The molecule has 0 spiro atoms. The zero-order valence-electron chi connectivity index (χ0n) is 4.68. The van der Waals surface area contributed by atoms with E-state index in [0.717, 1.165) is 6.54 Å². The number of piperidine rings is 1. The Labute approximate surface area is 48.2 Å². The van der Waals surface area contributed by atoms with Crippen molar-refractivity contribution in [3.63, 3.8) is 0 Å². The molecule has 8 heavy (non-hydrogen) atoms. The Morgan fingerprint density at radius 1 is 1.75 bits per heavy atom. The molecule has 1 saturated heterocycles. The third kappa shape index (κ3) is 1.28. The van der Waals surface area contributed by atoms with E-state index in [0.29, 0.717) is 13.0 Å². The Hall–Kier alpha value is -0.410. The summed E-state index contributed by atoms with van der Waals surface area (Å²) in [6.45, 7) is 1.29. The van der Waals surface area contributed by atoms with Gasteiger partial charge < -0.3 is 11.1 Å². The van der Waals surface area contributed by atoms with Crippen LogP contribution in [0.5, 0.6) is 0 Å². The second-order valence-corrected chi connectivity index (χ2v) is 2.13. The van der Waals surface area contributed by atoms with Gasteiger partial charge in [-0.25, -0.2) is 0 Å². The average Bonchev–Trinajstić information content (AvgIpc) is 1.64. The molecule has 0 radical (unpaired) electrons. The van der Waals surface area contributed by atoms with Crippen LogP contribution in [0.3, 0.4) is 0 Å². The highest BCUT2D eigenvalue weighted by atomic mass is 16.1. The maximum Gasteiger partial charge on any atom is 0.148 e. The molecule has 1 fully saturated rings. The molecular weight excluding hydrogens is 104 g/mol. The number of Topliss-reactive ketones (excluding diaryl/α,β-unsaturated/α-hetero) is 1. The molecule has 3 nitrogen and oxygen atoms in total. The van der Waals surface area contributed by atoms with Gasteiger partial charge in [-0.05, 0) is 0 Å². The van der Waals surface area contributed by atoms with Crippen LogP contribution in [0.25, 0.3) is 0 Å². The highest BCUT2D eigenvalue weighted by molar-refractivity contribution is 5.81. The summed E-state index contributed by atoms with van der Waals surface area (Å²) < 4.78 is 0. The number of nitrogens with one attached hydrogen (secondary N) is 1. The summed E-state index contributed by atoms with van der Waals surface area (Å²) in [5.41, 5.74) is 5.44. The van der Waals surface area contributed by atoms with Gasteiger partial charge in [-0.2, -0.15) is 0 Å². The van der Waals surface area contributed by atoms with E-state index in [2.05, 4.69) is 5.32 Å². The minimum atomic E-state index is 0.0521. The normalized spacial score (nSPS) is 30.6. The number of hydrogen-bond donors (Lipinski definition) is 2. The number of nitrogens with two attached hydrogens (primary N) is 1. The molecule has 1 aliphatic rings. The third-order valence-corrected chi connectivity index (χ3v) is 1.22. The summed E-state index contributed by atoms with van der Waals surface area (Å²) in [5, 5.41) is 2.91. The highest BCUT2D eigenvalue weighted by Gasteiger charge is 2.13. The molecule has 1 aliphatic heterocycles. The fraction of sp³-hybridized carbons (Fsp3) is 0.800. The van der Waals surface area contributed by atoms with Gasteiger partial charge in [-0.3, -0.25) is 4.79 Å². The number of rotatable bonds is 0. The fourth-order valence-corrected chi connectivity index (χ4v) is 0.834. The van der Waals surface area contributed by atoms with E-state index in [1.54, 1.807) is 0 Å². The highest BCUT2D eigenvalue weighted by Crippen LogP contribution is 1.92. The first-order valence-corrected chi connectivity index (χ1v) is 2.77. The van der Waals surface area contributed by atoms with Crippen molar-refractivity contribution < 1.29 is 4.79 Å². The molecule has 0 bridgehead atoms. The van der Waals surface area contributed by atoms with Gasteiger partial charge in [-0.1, -0.05) is 0 Å². The quantitative estimate of drug-likeness (QED) is 0.419. The molecule has 0 aromatic rings. The molecule has 0 aliphatic carbocycles. The van der Waals surface area contributed by atoms with E-state index in [1.807, 2.05) is 0 Å². The van der Waals surface area contributed by atoms with E-state index >= 15 is 0 Å². The van der Waals surface area contributed by atoms with Crippen molar-refractivity contribution in [2.45, 2.75) is 12.5 Å². The van der Waals surface area contributed by atoms with E-state index in [9.17, 15) is 4.79 Å². The van der Waals surface area contributed by atoms with Crippen LogP contribution in [0.2, 0.25) is 0 Å². The van der Waals surface area contributed by atoms with Crippen molar-refractivity contribution in [1.82, 2.24) is 5.32 Å². The number of carbonyl (C=O) groups is 1. The topological polar surface area (TPSA) is 55.1 Å². The van der Waals surface area contributed by atoms with Gasteiger partial charge in [0.15, 0.2) is 0 Å². The van der Waals surface area contributed by atoms with E-state index < -0.39 is 0 Å². The van der Waals surface area contributed by atoms with Crippen LogP contribution in [0.1, 0.15) is 6.42 Å². The number of carbonyl (C=O) groups excluding carboxylic acids is 1. The van der Waals surface area contributed by atoms with Gasteiger partial charge in [-0.15, -0.1) is 0 Å². The Kier molecular flexibility index (Phi) is 1.60.